The van der Waals surface area contributed by atoms with Gasteiger partial charge in [0.15, 0.2) is 0 Å². The van der Waals surface area contributed by atoms with Crippen molar-refractivity contribution in [1.82, 2.24) is 4.90 Å². The zero-order valence-electron chi connectivity index (χ0n) is 11.1. The molecule has 2 saturated heterocycles. The van der Waals surface area contributed by atoms with Crippen molar-refractivity contribution in [3.63, 3.8) is 0 Å². The number of hydrogen-bond acceptors (Lipinski definition) is 3. The van der Waals surface area contributed by atoms with Gasteiger partial charge in [0, 0.05) is 12.1 Å². The van der Waals surface area contributed by atoms with Crippen LogP contribution in [0.25, 0.3) is 0 Å². The second-order valence-electron chi connectivity index (χ2n) is 6.26. The molecule has 0 saturated carbocycles. The standard InChI is InChI=1S/C13H24N2O2/c1-13(2,3)17-12(16)15-10-5-4-9(8-14)11(15)7-6-10/h9-11H,4-8,14H2,1-3H3. The number of carbonyl (C=O) groups excluding carboxylic acids is 1. The summed E-state index contributed by atoms with van der Waals surface area (Å²) in [7, 11) is 0. The Kier molecular flexibility index (Phi) is 3.34. The van der Waals surface area contributed by atoms with Crippen LogP contribution < -0.4 is 5.73 Å². The third-order valence-electron chi connectivity index (χ3n) is 3.87. The molecule has 0 radical (unpaired) electrons. The highest BCUT2D eigenvalue weighted by Gasteiger charge is 2.45. The lowest BCUT2D eigenvalue weighted by Gasteiger charge is -2.40. The maximum absolute atomic E-state index is 12.2. The summed E-state index contributed by atoms with van der Waals surface area (Å²) in [5.41, 5.74) is 5.39. The van der Waals surface area contributed by atoms with E-state index in [-0.39, 0.29) is 6.09 Å². The predicted octanol–water partition coefficient (Wildman–Crippen LogP) is 2.12. The highest BCUT2D eigenvalue weighted by Crippen LogP contribution is 2.39. The van der Waals surface area contributed by atoms with Gasteiger partial charge in [-0.1, -0.05) is 0 Å². The van der Waals surface area contributed by atoms with E-state index in [0.29, 0.717) is 24.5 Å². The molecule has 0 spiro atoms. The first-order chi connectivity index (χ1) is 7.92. The zero-order chi connectivity index (χ0) is 12.6. The fraction of sp³-hybridized carbons (Fsp3) is 0.923. The molecule has 2 rings (SSSR count). The van der Waals surface area contributed by atoms with Crippen molar-refractivity contribution in [2.45, 2.75) is 64.1 Å². The van der Waals surface area contributed by atoms with E-state index < -0.39 is 5.60 Å². The minimum Gasteiger partial charge on any atom is -0.444 e. The Hall–Kier alpha value is -0.770. The van der Waals surface area contributed by atoms with Gasteiger partial charge in [-0.15, -0.1) is 0 Å². The molecule has 2 aliphatic heterocycles. The fourth-order valence-corrected chi connectivity index (χ4v) is 3.13. The van der Waals surface area contributed by atoms with Crippen molar-refractivity contribution in [2.75, 3.05) is 6.54 Å². The van der Waals surface area contributed by atoms with E-state index >= 15 is 0 Å². The maximum Gasteiger partial charge on any atom is 0.410 e. The maximum atomic E-state index is 12.2. The summed E-state index contributed by atoms with van der Waals surface area (Å²) in [5.74, 6) is 0.460. The summed E-state index contributed by atoms with van der Waals surface area (Å²) >= 11 is 0. The van der Waals surface area contributed by atoms with Gasteiger partial charge in [0.25, 0.3) is 0 Å². The van der Waals surface area contributed by atoms with Gasteiger partial charge in [0.1, 0.15) is 5.60 Å². The van der Waals surface area contributed by atoms with Crippen LogP contribution in [-0.2, 0) is 4.74 Å². The minimum atomic E-state index is -0.411. The van der Waals surface area contributed by atoms with E-state index in [9.17, 15) is 4.79 Å². The minimum absolute atomic E-state index is 0.150. The van der Waals surface area contributed by atoms with Crippen molar-refractivity contribution in [2.24, 2.45) is 11.7 Å². The monoisotopic (exact) mass is 240 g/mol. The lowest BCUT2D eigenvalue weighted by molar-refractivity contribution is -0.000499. The summed E-state index contributed by atoms with van der Waals surface area (Å²) in [5, 5.41) is 0. The van der Waals surface area contributed by atoms with Gasteiger partial charge < -0.3 is 15.4 Å². The van der Waals surface area contributed by atoms with Crippen LogP contribution in [0.1, 0.15) is 46.5 Å². The van der Waals surface area contributed by atoms with E-state index in [1.807, 2.05) is 25.7 Å². The molecule has 2 bridgehead atoms. The van der Waals surface area contributed by atoms with E-state index in [1.54, 1.807) is 0 Å². The molecule has 0 aliphatic carbocycles. The van der Waals surface area contributed by atoms with Crippen molar-refractivity contribution in [3.05, 3.63) is 0 Å². The lowest BCUT2D eigenvalue weighted by atomic mass is 9.91. The lowest BCUT2D eigenvalue weighted by Crippen LogP contribution is -2.51. The summed E-state index contributed by atoms with van der Waals surface area (Å²) in [4.78, 5) is 14.2. The molecule has 0 aromatic heterocycles. The number of ether oxygens (including phenoxy) is 1. The molecule has 3 unspecified atom stereocenters. The summed E-state index contributed by atoms with van der Waals surface area (Å²) in [6, 6.07) is 0.700. The number of nitrogens with two attached hydrogens (primary N) is 1. The average molecular weight is 240 g/mol. The van der Waals surface area contributed by atoms with Crippen LogP contribution in [-0.4, -0.2) is 35.2 Å². The molecular weight excluding hydrogens is 216 g/mol. The number of hydrogen-bond donors (Lipinski definition) is 1. The summed E-state index contributed by atoms with van der Waals surface area (Å²) in [6.07, 6.45) is 4.29. The topological polar surface area (TPSA) is 55.6 Å². The van der Waals surface area contributed by atoms with Gasteiger partial charge in [-0.3, -0.25) is 0 Å². The molecule has 2 N–H and O–H groups in total. The highest BCUT2D eigenvalue weighted by atomic mass is 16.6. The number of carbonyl (C=O) groups is 1. The van der Waals surface area contributed by atoms with Crippen molar-refractivity contribution >= 4 is 6.09 Å². The number of nitrogens with zero attached hydrogens (tertiary/aromatic N) is 1. The van der Waals surface area contributed by atoms with Crippen molar-refractivity contribution in [3.8, 4) is 0 Å². The van der Waals surface area contributed by atoms with E-state index in [2.05, 4.69) is 0 Å². The molecule has 17 heavy (non-hydrogen) atoms. The molecule has 1 amide bonds. The molecule has 4 heteroatoms. The van der Waals surface area contributed by atoms with Crippen molar-refractivity contribution < 1.29 is 9.53 Å². The third-order valence-corrected chi connectivity index (χ3v) is 3.87. The van der Waals surface area contributed by atoms with Gasteiger partial charge in [0.2, 0.25) is 0 Å². The summed E-state index contributed by atoms with van der Waals surface area (Å²) < 4.78 is 5.50. The molecular formula is C13H24N2O2. The molecule has 4 nitrogen and oxygen atoms in total. The Balaban J connectivity index is 2.07. The molecule has 0 aromatic rings. The molecule has 2 fully saturated rings. The smallest absolute Gasteiger partial charge is 0.410 e. The Morgan fingerprint density at radius 1 is 1.29 bits per heavy atom. The van der Waals surface area contributed by atoms with Crippen LogP contribution in [0.3, 0.4) is 0 Å². The van der Waals surface area contributed by atoms with Gasteiger partial charge in [-0.25, -0.2) is 4.79 Å². The second-order valence-corrected chi connectivity index (χ2v) is 6.26. The Labute approximate surface area is 103 Å². The Bertz CT molecular complexity index is 298. The predicted molar refractivity (Wildman–Crippen MR) is 66.7 cm³/mol. The SMILES string of the molecule is CC(C)(C)OC(=O)N1C2CCC(CN)C1CC2. The number of fused-ring (bicyclic) bond motifs is 2. The van der Waals surface area contributed by atoms with Crippen molar-refractivity contribution in [1.29, 1.82) is 0 Å². The third kappa shape index (κ3) is 2.57. The zero-order valence-corrected chi connectivity index (χ0v) is 11.1. The van der Waals surface area contributed by atoms with Gasteiger partial charge in [-0.2, -0.15) is 0 Å². The van der Waals surface area contributed by atoms with E-state index in [1.165, 1.54) is 0 Å². The molecule has 98 valence electrons. The van der Waals surface area contributed by atoms with Gasteiger partial charge >= 0.3 is 6.09 Å². The first-order valence-electron chi connectivity index (χ1n) is 6.64. The van der Waals surface area contributed by atoms with E-state index in [0.717, 1.165) is 25.7 Å². The molecule has 3 atom stereocenters. The molecule has 0 aromatic carbocycles. The normalized spacial score (nSPS) is 32.7. The number of rotatable bonds is 1. The van der Waals surface area contributed by atoms with Crippen LogP contribution in [0.4, 0.5) is 4.79 Å². The largest absolute Gasteiger partial charge is 0.444 e. The first-order valence-corrected chi connectivity index (χ1v) is 6.64. The average Bonchev–Trinajstić information content (AvgIpc) is 2.52. The van der Waals surface area contributed by atoms with Gasteiger partial charge in [0.05, 0.1) is 0 Å². The van der Waals surface area contributed by atoms with Gasteiger partial charge in [-0.05, 0) is 58.9 Å². The number of piperidine rings is 1. The summed E-state index contributed by atoms with van der Waals surface area (Å²) in [6.45, 7) is 6.42. The highest BCUT2D eigenvalue weighted by molar-refractivity contribution is 5.69. The van der Waals surface area contributed by atoms with Crippen LogP contribution in [0.5, 0.6) is 0 Å². The first kappa shape index (κ1) is 12.7. The second kappa shape index (κ2) is 4.48. The van der Waals surface area contributed by atoms with Crippen LogP contribution in [0.2, 0.25) is 0 Å². The number of amides is 1. The van der Waals surface area contributed by atoms with Crippen LogP contribution >= 0.6 is 0 Å². The Morgan fingerprint density at radius 2 is 1.94 bits per heavy atom. The quantitative estimate of drug-likeness (QED) is 0.764. The Morgan fingerprint density at radius 3 is 2.53 bits per heavy atom. The van der Waals surface area contributed by atoms with E-state index in [4.69, 9.17) is 10.5 Å². The van der Waals surface area contributed by atoms with Crippen LogP contribution in [0.15, 0.2) is 0 Å². The molecule has 2 aliphatic rings. The molecule has 2 heterocycles. The van der Waals surface area contributed by atoms with Crippen LogP contribution in [0, 0.1) is 5.92 Å². The fourth-order valence-electron chi connectivity index (χ4n) is 3.13.